The first-order valence-electron chi connectivity index (χ1n) is 8.43. The van der Waals surface area contributed by atoms with Crippen LogP contribution in [0.15, 0.2) is 59.8 Å². The van der Waals surface area contributed by atoms with Gasteiger partial charge in [0.05, 0.1) is 5.75 Å². The highest BCUT2D eigenvalue weighted by Gasteiger charge is 2.14. The predicted molar refractivity (Wildman–Crippen MR) is 106 cm³/mol. The summed E-state index contributed by atoms with van der Waals surface area (Å²) in [4.78, 5) is 16.5. The summed E-state index contributed by atoms with van der Waals surface area (Å²) in [5, 5.41) is 10.5. The van der Waals surface area contributed by atoms with Gasteiger partial charge in [0.25, 0.3) is 0 Å². The highest BCUT2D eigenvalue weighted by atomic mass is 32.2. The van der Waals surface area contributed by atoms with Crippen LogP contribution in [0.3, 0.4) is 0 Å². The molecule has 26 heavy (non-hydrogen) atoms. The van der Waals surface area contributed by atoms with Crippen LogP contribution in [0.25, 0.3) is 11.4 Å². The van der Waals surface area contributed by atoms with Crippen molar-refractivity contribution in [3.63, 3.8) is 0 Å². The lowest BCUT2D eigenvalue weighted by molar-refractivity contribution is -0.113. The van der Waals surface area contributed by atoms with E-state index < -0.39 is 0 Å². The van der Waals surface area contributed by atoms with E-state index in [1.54, 1.807) is 0 Å². The Morgan fingerprint density at radius 3 is 2.42 bits per heavy atom. The molecule has 3 aromatic rings. The van der Waals surface area contributed by atoms with Gasteiger partial charge in [-0.15, -0.1) is 5.10 Å². The van der Waals surface area contributed by atoms with Gasteiger partial charge in [-0.3, -0.25) is 9.89 Å². The van der Waals surface area contributed by atoms with Gasteiger partial charge in [0, 0.05) is 11.3 Å². The lowest BCUT2D eigenvalue weighted by Crippen LogP contribution is -2.13. The molecule has 1 aromatic heterocycles. The molecule has 2 aromatic carbocycles. The number of aromatic nitrogens is 3. The lowest BCUT2D eigenvalue weighted by Gasteiger charge is -2.18. The van der Waals surface area contributed by atoms with Gasteiger partial charge in [-0.25, -0.2) is 4.98 Å². The molecule has 1 amide bonds. The fraction of sp³-hybridized carbons (Fsp3) is 0.250. The second-order valence-corrected chi connectivity index (χ2v) is 7.94. The van der Waals surface area contributed by atoms with Gasteiger partial charge < -0.3 is 5.32 Å². The number of H-pyrrole nitrogens is 1. The van der Waals surface area contributed by atoms with E-state index in [0.717, 1.165) is 11.3 Å². The Kier molecular flexibility index (Phi) is 5.42. The minimum atomic E-state index is -0.0814. The van der Waals surface area contributed by atoms with Crippen molar-refractivity contribution in [2.75, 3.05) is 11.1 Å². The zero-order valence-corrected chi connectivity index (χ0v) is 15.9. The number of rotatable bonds is 5. The molecule has 0 fully saturated rings. The number of aromatic amines is 1. The second-order valence-electron chi connectivity index (χ2n) is 7.00. The molecule has 6 heteroatoms. The molecule has 0 aliphatic heterocycles. The normalized spacial score (nSPS) is 11.3. The molecule has 0 saturated carbocycles. The van der Waals surface area contributed by atoms with E-state index in [-0.39, 0.29) is 17.1 Å². The molecule has 0 atom stereocenters. The van der Waals surface area contributed by atoms with Crippen LogP contribution in [0.1, 0.15) is 26.3 Å². The highest BCUT2D eigenvalue weighted by Crippen LogP contribution is 2.25. The SMILES string of the molecule is CC(C)(C)c1ccc(-c2nc(SCC(=O)Nc3ccccc3)n[nH]2)cc1. The van der Waals surface area contributed by atoms with Crippen molar-refractivity contribution in [2.45, 2.75) is 31.3 Å². The van der Waals surface area contributed by atoms with E-state index >= 15 is 0 Å². The lowest BCUT2D eigenvalue weighted by atomic mass is 9.87. The minimum absolute atomic E-state index is 0.0814. The van der Waals surface area contributed by atoms with Crippen LogP contribution in [0.4, 0.5) is 5.69 Å². The smallest absolute Gasteiger partial charge is 0.234 e. The van der Waals surface area contributed by atoms with E-state index in [1.165, 1.54) is 17.3 Å². The average molecular weight is 366 g/mol. The van der Waals surface area contributed by atoms with Crippen molar-refractivity contribution in [1.82, 2.24) is 15.2 Å². The maximum absolute atomic E-state index is 12.0. The van der Waals surface area contributed by atoms with Crippen molar-refractivity contribution >= 4 is 23.4 Å². The van der Waals surface area contributed by atoms with Crippen LogP contribution in [-0.4, -0.2) is 26.8 Å². The molecule has 0 aliphatic carbocycles. The van der Waals surface area contributed by atoms with Crippen LogP contribution < -0.4 is 5.32 Å². The Morgan fingerprint density at radius 1 is 1.08 bits per heavy atom. The van der Waals surface area contributed by atoms with Gasteiger partial charge in [0.2, 0.25) is 11.1 Å². The Labute approximate surface area is 157 Å². The fourth-order valence-corrected chi connectivity index (χ4v) is 3.02. The van der Waals surface area contributed by atoms with Gasteiger partial charge in [-0.2, -0.15) is 0 Å². The van der Waals surface area contributed by atoms with Gasteiger partial charge >= 0.3 is 0 Å². The monoisotopic (exact) mass is 366 g/mol. The number of thioether (sulfide) groups is 1. The number of hydrogen-bond donors (Lipinski definition) is 2. The minimum Gasteiger partial charge on any atom is -0.325 e. The number of carbonyl (C=O) groups excluding carboxylic acids is 1. The van der Waals surface area contributed by atoms with E-state index in [1.807, 2.05) is 42.5 Å². The Morgan fingerprint density at radius 2 is 1.77 bits per heavy atom. The molecule has 2 N–H and O–H groups in total. The van der Waals surface area contributed by atoms with Crippen molar-refractivity contribution in [3.8, 4) is 11.4 Å². The average Bonchev–Trinajstić information content (AvgIpc) is 3.09. The maximum Gasteiger partial charge on any atom is 0.234 e. The topological polar surface area (TPSA) is 70.7 Å². The van der Waals surface area contributed by atoms with E-state index in [2.05, 4.69) is 53.4 Å². The van der Waals surface area contributed by atoms with Crippen LogP contribution in [-0.2, 0) is 10.2 Å². The molecule has 3 rings (SSSR count). The molecule has 0 saturated heterocycles. The van der Waals surface area contributed by atoms with E-state index in [0.29, 0.717) is 11.0 Å². The third-order valence-electron chi connectivity index (χ3n) is 3.88. The van der Waals surface area contributed by atoms with Crippen LogP contribution in [0.5, 0.6) is 0 Å². The zero-order valence-electron chi connectivity index (χ0n) is 15.1. The summed E-state index contributed by atoms with van der Waals surface area (Å²) in [5.41, 5.74) is 3.15. The van der Waals surface area contributed by atoms with E-state index in [9.17, 15) is 4.79 Å². The van der Waals surface area contributed by atoms with Crippen molar-refractivity contribution in [2.24, 2.45) is 0 Å². The number of amides is 1. The van der Waals surface area contributed by atoms with Crippen LogP contribution in [0, 0.1) is 0 Å². The molecular formula is C20H22N4OS. The van der Waals surface area contributed by atoms with Crippen molar-refractivity contribution in [1.29, 1.82) is 0 Å². The molecule has 0 aliphatic rings. The summed E-state index contributed by atoms with van der Waals surface area (Å²) in [6.07, 6.45) is 0. The van der Waals surface area contributed by atoms with Gasteiger partial charge in [-0.1, -0.05) is 75.0 Å². The van der Waals surface area contributed by atoms with Crippen LogP contribution >= 0.6 is 11.8 Å². The predicted octanol–water partition coefficient (Wildman–Crippen LogP) is 4.50. The summed E-state index contributed by atoms with van der Waals surface area (Å²) < 4.78 is 0. The Bertz CT molecular complexity index is 867. The molecule has 0 bridgehead atoms. The third kappa shape index (κ3) is 4.73. The zero-order chi connectivity index (χ0) is 18.6. The number of hydrogen-bond acceptors (Lipinski definition) is 4. The first-order chi connectivity index (χ1) is 12.4. The number of anilines is 1. The molecule has 134 valence electrons. The number of nitrogens with zero attached hydrogens (tertiary/aromatic N) is 2. The quantitative estimate of drug-likeness (QED) is 0.652. The summed E-state index contributed by atoms with van der Waals surface area (Å²) in [5.74, 6) is 0.883. The van der Waals surface area contributed by atoms with Gasteiger partial charge in [0.1, 0.15) is 0 Å². The first kappa shape index (κ1) is 18.2. The standard InChI is InChI=1S/C20H22N4OS/c1-20(2,3)15-11-9-14(10-12-15)18-22-19(24-23-18)26-13-17(25)21-16-7-5-4-6-8-16/h4-12H,13H2,1-3H3,(H,21,25)(H,22,23,24). The van der Waals surface area contributed by atoms with Gasteiger partial charge in [0.15, 0.2) is 5.82 Å². The highest BCUT2D eigenvalue weighted by molar-refractivity contribution is 7.99. The number of carbonyl (C=O) groups is 1. The summed E-state index contributed by atoms with van der Waals surface area (Å²) in [6, 6.07) is 17.7. The fourth-order valence-electron chi connectivity index (χ4n) is 2.42. The van der Waals surface area contributed by atoms with Crippen molar-refractivity contribution in [3.05, 3.63) is 60.2 Å². The Hall–Kier alpha value is -2.60. The van der Waals surface area contributed by atoms with Crippen molar-refractivity contribution < 1.29 is 4.79 Å². The molecule has 0 unspecified atom stereocenters. The maximum atomic E-state index is 12.0. The molecule has 5 nitrogen and oxygen atoms in total. The molecular weight excluding hydrogens is 344 g/mol. The number of nitrogens with one attached hydrogen (secondary N) is 2. The largest absolute Gasteiger partial charge is 0.325 e. The Balaban J connectivity index is 1.58. The second kappa shape index (κ2) is 7.74. The first-order valence-corrected chi connectivity index (χ1v) is 9.41. The summed E-state index contributed by atoms with van der Waals surface area (Å²) in [6.45, 7) is 6.56. The summed E-state index contributed by atoms with van der Waals surface area (Å²) >= 11 is 1.31. The third-order valence-corrected chi connectivity index (χ3v) is 4.73. The number of para-hydroxylation sites is 1. The van der Waals surface area contributed by atoms with E-state index in [4.69, 9.17) is 0 Å². The molecule has 0 radical (unpaired) electrons. The number of benzene rings is 2. The molecule has 1 heterocycles. The summed E-state index contributed by atoms with van der Waals surface area (Å²) in [7, 11) is 0. The molecule has 0 spiro atoms. The van der Waals surface area contributed by atoms with Crippen LogP contribution in [0.2, 0.25) is 0 Å². The van der Waals surface area contributed by atoms with Gasteiger partial charge in [-0.05, 0) is 23.1 Å².